The minimum atomic E-state index is 0.0459. The van der Waals surface area contributed by atoms with Crippen LogP contribution >= 0.6 is 27.6 Å². The molecule has 0 amide bonds. The lowest BCUT2D eigenvalue weighted by Crippen LogP contribution is -2.20. The van der Waals surface area contributed by atoms with Gasteiger partial charge in [-0.2, -0.15) is 0 Å². The molecule has 0 aromatic carbocycles. The van der Waals surface area contributed by atoms with Crippen molar-refractivity contribution in [3.8, 4) is 0 Å². The van der Waals surface area contributed by atoms with Crippen molar-refractivity contribution in [2.45, 2.75) is 89.4 Å². The Labute approximate surface area is 155 Å². The van der Waals surface area contributed by atoms with E-state index in [1.54, 1.807) is 4.91 Å². The second-order valence-corrected chi connectivity index (χ2v) is 16.0. The molecule has 4 aliphatic rings. The van der Waals surface area contributed by atoms with Gasteiger partial charge in [0.05, 0.1) is 0 Å². The number of thioether (sulfide) groups is 1. The molecule has 0 aromatic rings. The average Bonchev–Trinajstić information content (AvgIpc) is 3.14. The zero-order valence-corrected chi connectivity index (χ0v) is 18.5. The molecule has 4 rings (SSSR count). The third kappa shape index (κ3) is 2.64. The van der Waals surface area contributed by atoms with Crippen LogP contribution in [0.5, 0.6) is 0 Å². The lowest BCUT2D eigenvalue weighted by Gasteiger charge is -2.37. The molecule has 0 aromatic heterocycles. The summed E-state index contributed by atoms with van der Waals surface area (Å²) in [5.41, 5.74) is 4.09. The molecule has 132 valence electrons. The molecule has 24 heavy (non-hydrogen) atoms. The van der Waals surface area contributed by atoms with Crippen molar-refractivity contribution in [2.24, 2.45) is 5.41 Å². The van der Waals surface area contributed by atoms with Crippen molar-refractivity contribution in [1.82, 2.24) is 0 Å². The molecule has 3 aliphatic heterocycles. The van der Waals surface area contributed by atoms with Crippen LogP contribution in [0.1, 0.15) is 66.7 Å². The van der Waals surface area contributed by atoms with Crippen molar-refractivity contribution in [1.29, 1.82) is 0 Å². The summed E-state index contributed by atoms with van der Waals surface area (Å²) in [6, 6.07) is 0. The standard InChI is InChI=1S/C21H32P2S/c1-14-9-10-15(2)22(14)19-20(23-16(3)11-12-17(23)4)24-18-8-6-7-13-21(18,19)5/h6-8,14-17H,9-13H2,1-5H3/t14-,15-,16+,17+,21+/m1/s1. The maximum absolute atomic E-state index is 2.58. The van der Waals surface area contributed by atoms with Crippen molar-refractivity contribution >= 4 is 27.6 Å². The van der Waals surface area contributed by atoms with Gasteiger partial charge in [-0.25, -0.2) is 0 Å². The molecule has 3 heterocycles. The van der Waals surface area contributed by atoms with E-state index >= 15 is 0 Å². The second kappa shape index (κ2) is 6.55. The molecule has 0 radical (unpaired) electrons. The Bertz CT molecular complexity index is 599. The minimum Gasteiger partial charge on any atom is -0.0928 e. The SMILES string of the molecule is C[C@@H]1CC[C@@H](C)P1C1=C(P2[C@@H](C)CC[C@@H]2C)SC2=CC=CC[C@@]21C. The number of fused-ring (bicyclic) bond motifs is 1. The fourth-order valence-electron chi connectivity index (χ4n) is 5.29. The molecule has 1 aliphatic carbocycles. The van der Waals surface area contributed by atoms with E-state index in [2.05, 4.69) is 64.6 Å². The van der Waals surface area contributed by atoms with E-state index in [9.17, 15) is 0 Å². The molecular weight excluding hydrogens is 346 g/mol. The van der Waals surface area contributed by atoms with Crippen LogP contribution in [0.25, 0.3) is 0 Å². The van der Waals surface area contributed by atoms with Gasteiger partial charge in [-0.05, 0) is 60.1 Å². The molecule has 0 saturated carbocycles. The summed E-state index contributed by atoms with van der Waals surface area (Å²) in [5, 5.41) is 1.97. The molecule has 2 saturated heterocycles. The molecule has 3 heteroatoms. The van der Waals surface area contributed by atoms with Gasteiger partial charge in [-0.3, -0.25) is 0 Å². The number of hydrogen-bond donors (Lipinski definition) is 0. The lowest BCUT2D eigenvalue weighted by molar-refractivity contribution is 0.538. The Morgan fingerprint density at radius 3 is 2.04 bits per heavy atom. The van der Waals surface area contributed by atoms with Crippen molar-refractivity contribution < 1.29 is 0 Å². The fourth-order valence-corrected chi connectivity index (χ4v) is 16.0. The lowest BCUT2D eigenvalue weighted by atomic mass is 9.83. The normalized spacial score (nSPS) is 43.6. The summed E-state index contributed by atoms with van der Waals surface area (Å²) in [6.07, 6.45) is 14.3. The van der Waals surface area contributed by atoms with E-state index in [-0.39, 0.29) is 15.8 Å². The van der Waals surface area contributed by atoms with E-state index in [0.717, 1.165) is 22.6 Å². The van der Waals surface area contributed by atoms with Gasteiger partial charge in [-0.1, -0.05) is 80.5 Å². The van der Waals surface area contributed by atoms with Crippen LogP contribution < -0.4 is 0 Å². The number of rotatable bonds is 2. The summed E-state index contributed by atoms with van der Waals surface area (Å²) < 4.78 is 1.91. The van der Waals surface area contributed by atoms with Crippen LogP contribution in [-0.2, 0) is 0 Å². The Hall–Kier alpha value is 0.430. The summed E-state index contributed by atoms with van der Waals surface area (Å²) in [7, 11) is 0.105. The van der Waals surface area contributed by atoms with Crippen molar-refractivity contribution in [2.75, 3.05) is 0 Å². The first-order valence-electron chi connectivity index (χ1n) is 9.80. The smallest absolute Gasteiger partial charge is 0.0288 e. The van der Waals surface area contributed by atoms with E-state index in [1.807, 2.05) is 9.96 Å². The van der Waals surface area contributed by atoms with E-state index in [0.29, 0.717) is 5.41 Å². The summed E-state index contributed by atoms with van der Waals surface area (Å²) in [6.45, 7) is 12.8. The van der Waals surface area contributed by atoms with Gasteiger partial charge in [0.1, 0.15) is 0 Å². The highest BCUT2D eigenvalue weighted by molar-refractivity contribution is 8.14. The van der Waals surface area contributed by atoms with E-state index in [1.165, 1.54) is 32.1 Å². The highest BCUT2D eigenvalue weighted by Crippen LogP contribution is 2.80. The third-order valence-electron chi connectivity index (χ3n) is 6.78. The Balaban J connectivity index is 1.85. The zero-order valence-electron chi connectivity index (χ0n) is 15.9. The minimum absolute atomic E-state index is 0.0459. The molecule has 0 N–H and O–H groups in total. The predicted molar refractivity (Wildman–Crippen MR) is 115 cm³/mol. The van der Waals surface area contributed by atoms with Crippen LogP contribution in [0, 0.1) is 5.41 Å². The Morgan fingerprint density at radius 1 is 0.917 bits per heavy atom. The fraction of sp³-hybridized carbons (Fsp3) is 0.714. The van der Waals surface area contributed by atoms with Crippen LogP contribution in [0.3, 0.4) is 0 Å². The topological polar surface area (TPSA) is 0 Å². The van der Waals surface area contributed by atoms with Gasteiger partial charge < -0.3 is 0 Å². The maximum Gasteiger partial charge on any atom is 0.0288 e. The predicted octanol–water partition coefficient (Wildman–Crippen LogP) is 7.86. The monoisotopic (exact) mass is 378 g/mol. The summed E-state index contributed by atoms with van der Waals surface area (Å²) >= 11 is 2.23. The van der Waals surface area contributed by atoms with E-state index in [4.69, 9.17) is 0 Å². The van der Waals surface area contributed by atoms with Crippen molar-refractivity contribution in [3.63, 3.8) is 0 Å². The van der Waals surface area contributed by atoms with Gasteiger partial charge in [0.2, 0.25) is 0 Å². The summed E-state index contributed by atoms with van der Waals surface area (Å²) in [4.78, 5) is 1.68. The second-order valence-electron chi connectivity index (χ2n) is 8.62. The first-order chi connectivity index (χ1) is 11.4. The zero-order chi connectivity index (χ0) is 17.1. The van der Waals surface area contributed by atoms with Crippen LogP contribution in [0.2, 0.25) is 0 Å². The molecular formula is C21H32P2S. The van der Waals surface area contributed by atoms with Gasteiger partial charge in [0.15, 0.2) is 0 Å². The van der Waals surface area contributed by atoms with Crippen molar-refractivity contribution in [3.05, 3.63) is 33.1 Å². The summed E-state index contributed by atoms with van der Waals surface area (Å²) in [5.74, 6) is 0. The number of allylic oxidation sites excluding steroid dienone is 5. The van der Waals surface area contributed by atoms with Crippen LogP contribution in [-0.4, -0.2) is 22.6 Å². The molecule has 0 nitrogen and oxygen atoms in total. The van der Waals surface area contributed by atoms with Gasteiger partial charge in [0.25, 0.3) is 0 Å². The number of hydrogen-bond acceptors (Lipinski definition) is 1. The van der Waals surface area contributed by atoms with E-state index < -0.39 is 0 Å². The first kappa shape index (κ1) is 17.8. The third-order valence-corrected chi connectivity index (χ3v) is 16.0. The molecule has 0 unspecified atom stereocenters. The first-order valence-corrected chi connectivity index (χ1v) is 13.6. The Kier molecular flexibility index (Phi) is 4.86. The van der Waals surface area contributed by atoms with Gasteiger partial charge in [-0.15, -0.1) is 0 Å². The molecule has 5 atom stereocenters. The van der Waals surface area contributed by atoms with Crippen LogP contribution in [0.4, 0.5) is 0 Å². The van der Waals surface area contributed by atoms with Crippen LogP contribution in [0.15, 0.2) is 33.1 Å². The molecule has 0 bridgehead atoms. The molecule has 2 fully saturated rings. The molecule has 0 spiro atoms. The Morgan fingerprint density at radius 2 is 1.46 bits per heavy atom. The van der Waals surface area contributed by atoms with Gasteiger partial charge >= 0.3 is 0 Å². The van der Waals surface area contributed by atoms with Gasteiger partial charge in [0, 0.05) is 15.0 Å². The highest BCUT2D eigenvalue weighted by Gasteiger charge is 2.51. The highest BCUT2D eigenvalue weighted by atomic mass is 32.2. The maximum atomic E-state index is 2.58. The largest absolute Gasteiger partial charge is 0.0928 e. The quantitative estimate of drug-likeness (QED) is 0.441. The average molecular weight is 379 g/mol.